The maximum atomic E-state index is 13.2. The van der Waals surface area contributed by atoms with E-state index < -0.39 is 11.7 Å². The zero-order valence-electron chi connectivity index (χ0n) is 16.4. The number of halogens is 3. The number of benzene rings is 2. The molecule has 5 nitrogen and oxygen atoms in total. The normalized spacial score (nSPS) is 18.3. The minimum Gasteiger partial charge on any atom is -0.378 e. The van der Waals surface area contributed by atoms with E-state index in [4.69, 9.17) is 4.74 Å². The third kappa shape index (κ3) is 4.77. The average molecular weight is 448 g/mol. The van der Waals surface area contributed by atoms with Crippen molar-refractivity contribution in [2.75, 3.05) is 37.7 Å². The van der Waals surface area contributed by atoms with Crippen molar-refractivity contribution in [3.05, 3.63) is 64.6 Å². The Hall–Kier alpha value is -2.78. The Morgan fingerprint density at radius 3 is 2.42 bits per heavy atom. The number of ether oxygens (including phenoxy) is 1. The van der Waals surface area contributed by atoms with Gasteiger partial charge in [-0.05, 0) is 35.9 Å². The summed E-state index contributed by atoms with van der Waals surface area (Å²) in [5.74, 6) is -0.530. The lowest BCUT2D eigenvalue weighted by Crippen LogP contribution is -2.48. The maximum absolute atomic E-state index is 13.2. The molecule has 0 aliphatic carbocycles. The number of anilines is 1. The number of amides is 2. The van der Waals surface area contributed by atoms with E-state index in [1.54, 1.807) is 23.1 Å². The molecule has 2 aromatic rings. The second-order valence-corrected chi connectivity index (χ2v) is 8.17. The molecule has 0 bridgehead atoms. The van der Waals surface area contributed by atoms with E-state index in [1.165, 1.54) is 28.8 Å². The Morgan fingerprint density at radius 1 is 1.06 bits per heavy atom. The largest absolute Gasteiger partial charge is 0.416 e. The molecule has 4 rings (SSSR count). The SMILES string of the molecule is O=C(CN1C(=O)/C(=C/c2ccc(C(F)(F)F)cc2)Sc2ccccc21)N1CCOCC1. The summed E-state index contributed by atoms with van der Waals surface area (Å²) in [7, 11) is 0. The Balaban J connectivity index is 1.61. The van der Waals surface area contributed by atoms with Crippen molar-refractivity contribution >= 4 is 35.3 Å². The first-order valence-corrected chi connectivity index (χ1v) is 10.5. The second kappa shape index (κ2) is 8.76. The quantitative estimate of drug-likeness (QED) is 0.665. The molecule has 0 aromatic heterocycles. The third-order valence-electron chi connectivity index (χ3n) is 5.02. The highest BCUT2D eigenvalue weighted by Gasteiger charge is 2.32. The van der Waals surface area contributed by atoms with E-state index in [2.05, 4.69) is 0 Å². The van der Waals surface area contributed by atoms with Crippen LogP contribution < -0.4 is 4.90 Å². The van der Waals surface area contributed by atoms with Crippen LogP contribution in [0.5, 0.6) is 0 Å². The van der Waals surface area contributed by atoms with E-state index in [1.807, 2.05) is 12.1 Å². The lowest BCUT2D eigenvalue weighted by atomic mass is 10.1. The van der Waals surface area contributed by atoms with E-state index >= 15 is 0 Å². The molecule has 31 heavy (non-hydrogen) atoms. The minimum absolute atomic E-state index is 0.110. The van der Waals surface area contributed by atoms with Crippen LogP contribution in [0, 0.1) is 0 Å². The predicted molar refractivity (Wildman–Crippen MR) is 111 cm³/mol. The number of hydrogen-bond donors (Lipinski definition) is 0. The Morgan fingerprint density at radius 2 is 1.74 bits per heavy atom. The topological polar surface area (TPSA) is 49.9 Å². The lowest BCUT2D eigenvalue weighted by Gasteiger charge is -2.33. The molecule has 0 unspecified atom stereocenters. The highest BCUT2D eigenvalue weighted by Crippen LogP contribution is 2.42. The van der Waals surface area contributed by atoms with Gasteiger partial charge in [-0.15, -0.1) is 0 Å². The summed E-state index contributed by atoms with van der Waals surface area (Å²) >= 11 is 1.24. The van der Waals surface area contributed by atoms with Gasteiger partial charge in [0.25, 0.3) is 5.91 Å². The summed E-state index contributed by atoms with van der Waals surface area (Å²) in [5, 5.41) is 0. The van der Waals surface area contributed by atoms with Crippen molar-refractivity contribution in [1.29, 1.82) is 0 Å². The Labute approximate surface area is 181 Å². The number of nitrogens with zero attached hydrogens (tertiary/aromatic N) is 2. The van der Waals surface area contributed by atoms with Gasteiger partial charge in [0.2, 0.25) is 5.91 Å². The highest BCUT2D eigenvalue weighted by atomic mass is 32.2. The van der Waals surface area contributed by atoms with Gasteiger partial charge in [-0.2, -0.15) is 13.2 Å². The number of hydrogen-bond acceptors (Lipinski definition) is 4. The standard InChI is InChI=1S/C22H19F3N2O3S/c23-22(24,25)16-7-5-15(6-8-16)13-19-21(29)27(17-3-1-2-4-18(17)31-19)14-20(28)26-9-11-30-12-10-26/h1-8,13H,9-12,14H2/b19-13-. The van der Waals surface area contributed by atoms with E-state index in [-0.39, 0.29) is 18.4 Å². The highest BCUT2D eigenvalue weighted by molar-refractivity contribution is 8.04. The average Bonchev–Trinajstić information content (AvgIpc) is 2.77. The molecule has 1 saturated heterocycles. The van der Waals surface area contributed by atoms with Gasteiger partial charge in [-0.3, -0.25) is 14.5 Å². The first kappa shape index (κ1) is 21.5. The van der Waals surface area contributed by atoms with Crippen LogP contribution in [0.2, 0.25) is 0 Å². The first-order chi connectivity index (χ1) is 14.8. The second-order valence-electron chi connectivity index (χ2n) is 7.08. The number of morpholine rings is 1. The number of fused-ring (bicyclic) bond motifs is 1. The van der Waals surface area contributed by atoms with Crippen LogP contribution in [-0.2, 0) is 20.5 Å². The summed E-state index contributed by atoms with van der Waals surface area (Å²) in [6.07, 6.45) is -2.87. The zero-order valence-corrected chi connectivity index (χ0v) is 17.2. The number of carbonyl (C=O) groups excluding carboxylic acids is 2. The number of thioether (sulfide) groups is 1. The van der Waals surface area contributed by atoms with Crippen LogP contribution in [0.1, 0.15) is 11.1 Å². The van der Waals surface area contributed by atoms with Crippen LogP contribution in [0.3, 0.4) is 0 Å². The molecule has 2 amide bonds. The summed E-state index contributed by atoms with van der Waals surface area (Å²) in [6, 6.07) is 11.9. The molecule has 162 valence electrons. The van der Waals surface area contributed by atoms with Crippen LogP contribution in [0.4, 0.5) is 18.9 Å². The fraction of sp³-hybridized carbons (Fsp3) is 0.273. The molecule has 1 fully saturated rings. The van der Waals surface area contributed by atoms with Crippen molar-refractivity contribution in [2.45, 2.75) is 11.1 Å². The van der Waals surface area contributed by atoms with Gasteiger partial charge in [0.05, 0.1) is 29.4 Å². The van der Waals surface area contributed by atoms with E-state index in [9.17, 15) is 22.8 Å². The summed E-state index contributed by atoms with van der Waals surface area (Å²) < 4.78 is 43.7. The lowest BCUT2D eigenvalue weighted by molar-refractivity contribution is -0.137. The molecule has 2 aromatic carbocycles. The molecule has 9 heteroatoms. The smallest absolute Gasteiger partial charge is 0.378 e. The molecule has 0 atom stereocenters. The monoisotopic (exact) mass is 448 g/mol. The fourth-order valence-electron chi connectivity index (χ4n) is 3.39. The van der Waals surface area contributed by atoms with E-state index in [0.29, 0.717) is 42.5 Å². The molecular formula is C22H19F3N2O3S. The zero-order chi connectivity index (χ0) is 22.0. The number of carbonyl (C=O) groups is 2. The van der Waals surface area contributed by atoms with Gasteiger partial charge in [0.1, 0.15) is 6.54 Å². The minimum atomic E-state index is -4.42. The number of alkyl halides is 3. The van der Waals surface area contributed by atoms with E-state index in [0.717, 1.165) is 17.0 Å². The fourth-order valence-corrected chi connectivity index (χ4v) is 4.45. The van der Waals surface area contributed by atoms with Gasteiger partial charge in [-0.1, -0.05) is 36.0 Å². The third-order valence-corrected chi connectivity index (χ3v) is 6.10. The predicted octanol–water partition coefficient (Wildman–Crippen LogP) is 4.04. The van der Waals surface area contributed by atoms with Crippen LogP contribution >= 0.6 is 11.8 Å². The molecule has 2 heterocycles. The molecule has 2 aliphatic heterocycles. The van der Waals surface area contributed by atoms with Gasteiger partial charge in [0, 0.05) is 18.0 Å². The van der Waals surface area contributed by atoms with Crippen molar-refractivity contribution in [3.8, 4) is 0 Å². The summed E-state index contributed by atoms with van der Waals surface area (Å²) in [6.45, 7) is 1.77. The molecule has 0 spiro atoms. The molecule has 0 N–H and O–H groups in total. The van der Waals surface area contributed by atoms with Gasteiger partial charge in [-0.25, -0.2) is 0 Å². The van der Waals surface area contributed by atoms with Crippen molar-refractivity contribution in [1.82, 2.24) is 4.90 Å². The molecule has 0 saturated carbocycles. The Kier molecular flexibility index (Phi) is 6.06. The number of para-hydroxylation sites is 1. The Bertz CT molecular complexity index is 1020. The summed E-state index contributed by atoms with van der Waals surface area (Å²) in [5.41, 5.74) is 0.367. The maximum Gasteiger partial charge on any atom is 0.416 e. The first-order valence-electron chi connectivity index (χ1n) is 9.66. The van der Waals surface area contributed by atoms with Crippen LogP contribution in [0.25, 0.3) is 6.08 Å². The van der Waals surface area contributed by atoms with Crippen LogP contribution in [0.15, 0.2) is 58.3 Å². The van der Waals surface area contributed by atoms with Gasteiger partial charge < -0.3 is 9.64 Å². The van der Waals surface area contributed by atoms with Crippen molar-refractivity contribution in [2.24, 2.45) is 0 Å². The van der Waals surface area contributed by atoms with Crippen LogP contribution in [-0.4, -0.2) is 49.6 Å². The van der Waals surface area contributed by atoms with Crippen molar-refractivity contribution < 1.29 is 27.5 Å². The summed E-state index contributed by atoms with van der Waals surface area (Å²) in [4.78, 5) is 30.2. The molecular weight excluding hydrogens is 429 g/mol. The molecule has 2 aliphatic rings. The van der Waals surface area contributed by atoms with Gasteiger partial charge in [0.15, 0.2) is 0 Å². The van der Waals surface area contributed by atoms with Gasteiger partial charge >= 0.3 is 6.18 Å². The number of rotatable bonds is 3. The molecule has 0 radical (unpaired) electrons. The van der Waals surface area contributed by atoms with Crippen molar-refractivity contribution in [3.63, 3.8) is 0 Å².